The molecule has 3 N–H and O–H groups in total. The van der Waals surface area contributed by atoms with Gasteiger partial charge in [0.2, 0.25) is 0 Å². The first-order valence-corrected chi connectivity index (χ1v) is 10.7. The Labute approximate surface area is 195 Å². The van der Waals surface area contributed by atoms with Gasteiger partial charge in [-0.2, -0.15) is 0 Å². The molecule has 1 rings (SSSR count). The molecule has 1 amide bonds. The number of alkyl carbamates (subject to hydrolysis) is 1. The van der Waals surface area contributed by atoms with Crippen molar-refractivity contribution in [2.45, 2.75) is 78.4 Å². The van der Waals surface area contributed by atoms with E-state index in [-0.39, 0.29) is 24.0 Å². The van der Waals surface area contributed by atoms with Crippen molar-refractivity contribution in [3.8, 4) is 0 Å². The number of hydrogen-bond acceptors (Lipinski definition) is 4. The number of ether oxygens (including phenoxy) is 1. The van der Waals surface area contributed by atoms with E-state index < -0.39 is 17.2 Å². The van der Waals surface area contributed by atoms with Crippen molar-refractivity contribution in [2.24, 2.45) is 10.9 Å². The molecule has 0 aromatic carbocycles. The van der Waals surface area contributed by atoms with Crippen molar-refractivity contribution in [3.63, 3.8) is 0 Å². The minimum absolute atomic E-state index is 0. The number of amides is 1. The molecule has 8 heteroatoms. The van der Waals surface area contributed by atoms with E-state index in [9.17, 15) is 4.79 Å². The number of nitrogens with one attached hydrogen (secondary N) is 3. The second-order valence-corrected chi connectivity index (χ2v) is 9.59. The fourth-order valence-electron chi connectivity index (χ4n) is 3.10. The van der Waals surface area contributed by atoms with Crippen LogP contribution in [-0.4, -0.2) is 67.9 Å². The highest BCUT2D eigenvalue weighted by Gasteiger charge is 2.24. The Hall–Kier alpha value is -0.770. The topological polar surface area (TPSA) is 78.0 Å². The van der Waals surface area contributed by atoms with Crippen LogP contribution in [0.15, 0.2) is 4.99 Å². The molecular formula is C21H44IN5O2. The summed E-state index contributed by atoms with van der Waals surface area (Å²) in [6.07, 6.45) is 4.58. The Balaban J connectivity index is 0.00000784. The van der Waals surface area contributed by atoms with Crippen LogP contribution in [-0.2, 0) is 4.74 Å². The molecule has 1 saturated heterocycles. The van der Waals surface area contributed by atoms with Gasteiger partial charge in [0.15, 0.2) is 5.96 Å². The van der Waals surface area contributed by atoms with Gasteiger partial charge in [0.25, 0.3) is 0 Å². The molecule has 0 atom stereocenters. The standard InChI is InChI=1S/C21H43N5O2.HI/c1-17-10-14-26(15-11-17)13-9-8-12-23-18(22-7)24-16-21(5,6)25-19(27)28-20(2,3)4;/h17H,8-16H2,1-7H3,(H,25,27)(H2,22,23,24);1H. The van der Waals surface area contributed by atoms with E-state index in [1.54, 1.807) is 7.05 Å². The van der Waals surface area contributed by atoms with Crippen LogP contribution in [0, 0.1) is 5.92 Å². The lowest BCUT2D eigenvalue weighted by Crippen LogP contribution is -2.54. The molecule has 1 aliphatic heterocycles. The number of halogens is 1. The zero-order valence-corrected chi connectivity index (χ0v) is 21.9. The van der Waals surface area contributed by atoms with Crippen molar-refractivity contribution in [1.29, 1.82) is 0 Å². The number of carbonyl (C=O) groups is 1. The summed E-state index contributed by atoms with van der Waals surface area (Å²) >= 11 is 0. The molecular weight excluding hydrogens is 481 g/mol. The van der Waals surface area contributed by atoms with Crippen molar-refractivity contribution in [3.05, 3.63) is 0 Å². The third-order valence-electron chi connectivity index (χ3n) is 4.83. The third-order valence-corrected chi connectivity index (χ3v) is 4.83. The first kappa shape index (κ1) is 28.2. The number of carbonyl (C=O) groups excluding carboxylic acids is 1. The number of guanidine groups is 1. The molecule has 0 spiro atoms. The summed E-state index contributed by atoms with van der Waals surface area (Å²) in [6.45, 7) is 17.0. The Morgan fingerprint density at radius 1 is 1.10 bits per heavy atom. The Morgan fingerprint density at radius 3 is 2.28 bits per heavy atom. The van der Waals surface area contributed by atoms with E-state index in [0.717, 1.165) is 24.8 Å². The van der Waals surface area contributed by atoms with Crippen molar-refractivity contribution < 1.29 is 9.53 Å². The maximum atomic E-state index is 12.0. The normalized spacial score (nSPS) is 16.7. The largest absolute Gasteiger partial charge is 0.444 e. The van der Waals surface area contributed by atoms with Crippen LogP contribution >= 0.6 is 24.0 Å². The Bertz CT molecular complexity index is 498. The van der Waals surface area contributed by atoms with Crippen LogP contribution in [0.1, 0.15) is 67.2 Å². The summed E-state index contributed by atoms with van der Waals surface area (Å²) < 4.78 is 5.33. The maximum Gasteiger partial charge on any atom is 0.408 e. The van der Waals surface area contributed by atoms with Gasteiger partial charge in [0.05, 0.1) is 5.54 Å². The van der Waals surface area contributed by atoms with Crippen LogP contribution in [0.4, 0.5) is 4.79 Å². The fraction of sp³-hybridized carbons (Fsp3) is 0.905. The van der Waals surface area contributed by atoms with Gasteiger partial charge in [-0.15, -0.1) is 24.0 Å². The minimum atomic E-state index is -0.502. The SMILES string of the molecule is CN=C(NCCCCN1CCC(C)CC1)NCC(C)(C)NC(=O)OC(C)(C)C.I. The van der Waals surface area contributed by atoms with Crippen LogP contribution < -0.4 is 16.0 Å². The molecule has 0 radical (unpaired) electrons. The summed E-state index contributed by atoms with van der Waals surface area (Å²) in [5.74, 6) is 1.65. The number of rotatable bonds is 8. The fourth-order valence-corrected chi connectivity index (χ4v) is 3.10. The predicted octanol–water partition coefficient (Wildman–Crippen LogP) is 3.58. The lowest BCUT2D eigenvalue weighted by atomic mass is 9.99. The van der Waals surface area contributed by atoms with E-state index in [1.807, 2.05) is 34.6 Å². The highest BCUT2D eigenvalue weighted by molar-refractivity contribution is 14.0. The van der Waals surface area contributed by atoms with Gasteiger partial charge < -0.3 is 25.6 Å². The lowest BCUT2D eigenvalue weighted by Gasteiger charge is -2.30. The van der Waals surface area contributed by atoms with Crippen LogP contribution in [0.3, 0.4) is 0 Å². The number of nitrogens with zero attached hydrogens (tertiary/aromatic N) is 2. The minimum Gasteiger partial charge on any atom is -0.444 e. The lowest BCUT2D eigenvalue weighted by molar-refractivity contribution is 0.0474. The van der Waals surface area contributed by atoms with Gasteiger partial charge in [-0.25, -0.2) is 4.79 Å². The molecule has 0 unspecified atom stereocenters. The summed E-state index contributed by atoms with van der Waals surface area (Å²) in [7, 11) is 1.76. The average Bonchev–Trinajstić information content (AvgIpc) is 2.56. The molecule has 7 nitrogen and oxygen atoms in total. The number of hydrogen-bond donors (Lipinski definition) is 3. The molecule has 0 saturated carbocycles. The third kappa shape index (κ3) is 14.0. The van der Waals surface area contributed by atoms with E-state index in [4.69, 9.17) is 4.74 Å². The first-order chi connectivity index (χ1) is 13.0. The molecule has 0 aromatic rings. The van der Waals surface area contributed by atoms with Gasteiger partial charge in [0.1, 0.15) is 5.60 Å². The summed E-state index contributed by atoms with van der Waals surface area (Å²) in [5, 5.41) is 9.53. The van der Waals surface area contributed by atoms with Crippen LogP contribution in [0.2, 0.25) is 0 Å². The van der Waals surface area contributed by atoms with Crippen molar-refractivity contribution >= 4 is 36.0 Å². The molecule has 1 heterocycles. The molecule has 0 aliphatic carbocycles. The zero-order valence-electron chi connectivity index (χ0n) is 19.6. The second kappa shape index (κ2) is 13.5. The Kier molecular flexibility index (Phi) is 13.2. The number of aliphatic imine (C=N–C) groups is 1. The van der Waals surface area contributed by atoms with Crippen LogP contribution in [0.25, 0.3) is 0 Å². The molecule has 1 fully saturated rings. The Morgan fingerprint density at radius 2 is 1.72 bits per heavy atom. The van der Waals surface area contributed by atoms with E-state index in [1.165, 1.54) is 38.9 Å². The van der Waals surface area contributed by atoms with E-state index >= 15 is 0 Å². The molecule has 172 valence electrons. The first-order valence-electron chi connectivity index (χ1n) is 10.7. The predicted molar refractivity (Wildman–Crippen MR) is 132 cm³/mol. The number of likely N-dealkylation sites (tertiary alicyclic amines) is 1. The van der Waals surface area contributed by atoms with Gasteiger partial charge in [-0.3, -0.25) is 4.99 Å². The highest BCUT2D eigenvalue weighted by atomic mass is 127. The quantitative estimate of drug-likeness (QED) is 0.196. The number of unbranched alkanes of at least 4 members (excludes halogenated alkanes) is 1. The van der Waals surface area contributed by atoms with Gasteiger partial charge in [-0.05, 0) is 85.9 Å². The van der Waals surface area contributed by atoms with Gasteiger partial charge in [0, 0.05) is 20.1 Å². The molecule has 0 bridgehead atoms. The average molecular weight is 526 g/mol. The zero-order chi connectivity index (χ0) is 21.2. The van der Waals surface area contributed by atoms with Crippen molar-refractivity contribution in [1.82, 2.24) is 20.9 Å². The molecule has 0 aromatic heterocycles. The summed E-state index contributed by atoms with van der Waals surface area (Å²) in [4.78, 5) is 18.8. The van der Waals surface area contributed by atoms with E-state index in [2.05, 4.69) is 32.8 Å². The van der Waals surface area contributed by atoms with Crippen molar-refractivity contribution in [2.75, 3.05) is 39.8 Å². The summed E-state index contributed by atoms with van der Waals surface area (Å²) in [6, 6.07) is 0. The monoisotopic (exact) mass is 525 g/mol. The van der Waals surface area contributed by atoms with Crippen LogP contribution in [0.5, 0.6) is 0 Å². The molecule has 29 heavy (non-hydrogen) atoms. The summed E-state index contributed by atoms with van der Waals surface area (Å²) in [5.41, 5.74) is -0.955. The second-order valence-electron chi connectivity index (χ2n) is 9.59. The van der Waals surface area contributed by atoms with Gasteiger partial charge in [-0.1, -0.05) is 6.92 Å². The number of piperidine rings is 1. The smallest absolute Gasteiger partial charge is 0.408 e. The van der Waals surface area contributed by atoms with E-state index in [0.29, 0.717) is 6.54 Å². The highest BCUT2D eigenvalue weighted by Crippen LogP contribution is 2.16. The van der Waals surface area contributed by atoms with Gasteiger partial charge >= 0.3 is 6.09 Å². The maximum absolute atomic E-state index is 12.0. The molecule has 1 aliphatic rings.